The molecule has 3 rings (SSSR count). The predicted octanol–water partition coefficient (Wildman–Crippen LogP) is 3.80. The standard InChI is InChI=1S/C19H20FN3OS/c1-12-4-5-13(2)18-17(12)22-19(25-18)23(3)11-16(24)21-10-14-6-8-15(20)9-7-14/h4-9H,10-11H2,1-3H3,(H,21,24). The number of amides is 1. The molecular weight excluding hydrogens is 337 g/mol. The lowest BCUT2D eigenvalue weighted by Gasteiger charge is -2.15. The number of hydrogen-bond donors (Lipinski definition) is 1. The molecule has 0 saturated carbocycles. The second kappa shape index (κ2) is 7.19. The summed E-state index contributed by atoms with van der Waals surface area (Å²) in [5.41, 5.74) is 4.19. The van der Waals surface area contributed by atoms with Crippen molar-refractivity contribution in [3.8, 4) is 0 Å². The topological polar surface area (TPSA) is 45.2 Å². The summed E-state index contributed by atoms with van der Waals surface area (Å²) >= 11 is 1.60. The van der Waals surface area contributed by atoms with Crippen LogP contribution in [-0.4, -0.2) is 24.5 Å². The largest absolute Gasteiger partial charge is 0.350 e. The number of carbonyl (C=O) groups is 1. The fourth-order valence-corrected chi connectivity index (χ4v) is 3.63. The van der Waals surface area contributed by atoms with E-state index in [1.807, 2.05) is 18.9 Å². The van der Waals surface area contributed by atoms with E-state index >= 15 is 0 Å². The minimum absolute atomic E-state index is 0.0977. The first-order valence-corrected chi connectivity index (χ1v) is 8.84. The van der Waals surface area contributed by atoms with Crippen molar-refractivity contribution in [1.29, 1.82) is 0 Å². The first-order chi connectivity index (χ1) is 11.9. The van der Waals surface area contributed by atoms with Crippen molar-refractivity contribution in [2.45, 2.75) is 20.4 Å². The average molecular weight is 357 g/mol. The van der Waals surface area contributed by atoms with Crippen molar-refractivity contribution in [3.63, 3.8) is 0 Å². The SMILES string of the molecule is Cc1ccc(C)c2sc(N(C)CC(=O)NCc3ccc(F)cc3)nc12. The maximum absolute atomic E-state index is 12.9. The molecule has 130 valence electrons. The molecule has 1 N–H and O–H groups in total. The molecule has 0 saturated heterocycles. The van der Waals surface area contributed by atoms with E-state index in [2.05, 4.69) is 29.4 Å². The van der Waals surface area contributed by atoms with Gasteiger partial charge in [-0.3, -0.25) is 4.79 Å². The zero-order chi connectivity index (χ0) is 18.0. The van der Waals surface area contributed by atoms with Gasteiger partial charge in [-0.2, -0.15) is 0 Å². The maximum Gasteiger partial charge on any atom is 0.239 e. The van der Waals surface area contributed by atoms with Crippen LogP contribution in [0.15, 0.2) is 36.4 Å². The highest BCUT2D eigenvalue weighted by molar-refractivity contribution is 7.22. The molecule has 0 atom stereocenters. The lowest BCUT2D eigenvalue weighted by atomic mass is 10.1. The summed E-state index contributed by atoms with van der Waals surface area (Å²) in [5, 5.41) is 3.67. The molecule has 3 aromatic rings. The Labute approximate surface area is 150 Å². The number of likely N-dealkylation sites (N-methyl/N-ethyl adjacent to an activating group) is 1. The van der Waals surface area contributed by atoms with Gasteiger partial charge < -0.3 is 10.2 Å². The highest BCUT2D eigenvalue weighted by atomic mass is 32.1. The van der Waals surface area contributed by atoms with Gasteiger partial charge in [-0.15, -0.1) is 0 Å². The molecule has 0 aliphatic heterocycles. The Morgan fingerprint density at radius 2 is 1.84 bits per heavy atom. The normalized spacial score (nSPS) is 10.9. The number of aryl methyl sites for hydroxylation is 2. The molecule has 0 spiro atoms. The number of hydrogen-bond acceptors (Lipinski definition) is 4. The van der Waals surface area contributed by atoms with Gasteiger partial charge >= 0.3 is 0 Å². The third kappa shape index (κ3) is 3.96. The van der Waals surface area contributed by atoms with Gasteiger partial charge in [0.25, 0.3) is 0 Å². The molecular formula is C19H20FN3OS. The number of anilines is 1. The number of fused-ring (bicyclic) bond motifs is 1. The van der Waals surface area contributed by atoms with E-state index in [1.165, 1.54) is 17.7 Å². The lowest BCUT2D eigenvalue weighted by Crippen LogP contribution is -2.34. The minimum atomic E-state index is -0.281. The van der Waals surface area contributed by atoms with Crippen molar-refractivity contribution in [2.75, 3.05) is 18.5 Å². The van der Waals surface area contributed by atoms with Gasteiger partial charge in [0.15, 0.2) is 5.13 Å². The van der Waals surface area contributed by atoms with Gasteiger partial charge in [0, 0.05) is 13.6 Å². The van der Waals surface area contributed by atoms with Crippen LogP contribution in [0.5, 0.6) is 0 Å². The number of rotatable bonds is 5. The van der Waals surface area contributed by atoms with Crippen LogP contribution in [0.25, 0.3) is 10.2 Å². The van der Waals surface area contributed by atoms with E-state index in [0.29, 0.717) is 6.54 Å². The zero-order valence-corrected chi connectivity index (χ0v) is 15.3. The predicted molar refractivity (Wildman–Crippen MR) is 101 cm³/mol. The fourth-order valence-electron chi connectivity index (χ4n) is 2.55. The average Bonchev–Trinajstić information content (AvgIpc) is 3.05. The Kier molecular flexibility index (Phi) is 4.99. The first-order valence-electron chi connectivity index (χ1n) is 8.03. The van der Waals surface area contributed by atoms with Gasteiger partial charge in [-0.1, -0.05) is 35.6 Å². The summed E-state index contributed by atoms with van der Waals surface area (Å²) in [6, 6.07) is 10.3. The van der Waals surface area contributed by atoms with Crippen LogP contribution in [0.3, 0.4) is 0 Å². The van der Waals surface area contributed by atoms with Crippen LogP contribution < -0.4 is 10.2 Å². The summed E-state index contributed by atoms with van der Waals surface area (Å²) in [6.45, 7) is 4.71. The second-order valence-corrected chi connectivity index (χ2v) is 7.11. The highest BCUT2D eigenvalue weighted by Crippen LogP contribution is 2.32. The van der Waals surface area contributed by atoms with Gasteiger partial charge in [0.05, 0.1) is 16.8 Å². The molecule has 1 heterocycles. The molecule has 1 amide bonds. The summed E-state index contributed by atoms with van der Waals surface area (Å²) < 4.78 is 14.1. The Morgan fingerprint density at radius 1 is 1.16 bits per heavy atom. The molecule has 0 bridgehead atoms. The van der Waals surface area contributed by atoms with Crippen molar-refractivity contribution in [2.24, 2.45) is 0 Å². The fraction of sp³-hybridized carbons (Fsp3) is 0.263. The van der Waals surface area contributed by atoms with Crippen LogP contribution in [-0.2, 0) is 11.3 Å². The monoisotopic (exact) mass is 357 g/mol. The molecule has 0 fully saturated rings. The number of aromatic nitrogens is 1. The lowest BCUT2D eigenvalue weighted by molar-refractivity contribution is -0.119. The Morgan fingerprint density at radius 3 is 2.52 bits per heavy atom. The summed E-state index contributed by atoms with van der Waals surface area (Å²) in [6.07, 6.45) is 0. The van der Waals surface area contributed by atoms with E-state index in [-0.39, 0.29) is 18.3 Å². The van der Waals surface area contributed by atoms with Gasteiger partial charge in [0.1, 0.15) is 5.82 Å². The number of nitrogens with one attached hydrogen (secondary N) is 1. The molecule has 4 nitrogen and oxygen atoms in total. The van der Waals surface area contributed by atoms with Crippen molar-refractivity contribution in [3.05, 3.63) is 58.9 Å². The quantitative estimate of drug-likeness (QED) is 0.755. The van der Waals surface area contributed by atoms with Gasteiger partial charge in [-0.05, 0) is 42.7 Å². The molecule has 0 unspecified atom stereocenters. The Balaban J connectivity index is 1.64. The minimum Gasteiger partial charge on any atom is -0.350 e. The van der Waals surface area contributed by atoms with Gasteiger partial charge in [-0.25, -0.2) is 9.37 Å². The van der Waals surface area contributed by atoms with E-state index in [9.17, 15) is 9.18 Å². The molecule has 2 aromatic carbocycles. The number of halogens is 1. The second-order valence-electron chi connectivity index (χ2n) is 6.13. The van der Waals surface area contributed by atoms with Crippen molar-refractivity contribution in [1.82, 2.24) is 10.3 Å². The van der Waals surface area contributed by atoms with E-state index < -0.39 is 0 Å². The highest BCUT2D eigenvalue weighted by Gasteiger charge is 2.14. The third-order valence-corrected chi connectivity index (χ3v) is 5.35. The van der Waals surface area contributed by atoms with Crippen LogP contribution >= 0.6 is 11.3 Å². The van der Waals surface area contributed by atoms with Crippen LogP contribution in [0.2, 0.25) is 0 Å². The Bertz CT molecular complexity index is 866. The molecule has 1 aromatic heterocycles. The van der Waals surface area contributed by atoms with Gasteiger partial charge in [0.2, 0.25) is 5.91 Å². The summed E-state index contributed by atoms with van der Waals surface area (Å²) in [7, 11) is 1.86. The van der Waals surface area contributed by atoms with Crippen LogP contribution in [0.4, 0.5) is 9.52 Å². The number of thiazole rings is 1. The Hall–Kier alpha value is -2.47. The van der Waals surface area contributed by atoms with E-state index in [1.54, 1.807) is 23.5 Å². The number of carbonyl (C=O) groups excluding carboxylic acids is 1. The molecule has 25 heavy (non-hydrogen) atoms. The van der Waals surface area contributed by atoms with Crippen LogP contribution in [0, 0.1) is 19.7 Å². The van der Waals surface area contributed by atoms with Crippen LogP contribution in [0.1, 0.15) is 16.7 Å². The molecule has 0 radical (unpaired) electrons. The smallest absolute Gasteiger partial charge is 0.239 e. The summed E-state index contributed by atoms with van der Waals surface area (Å²) in [5.74, 6) is -0.379. The number of benzene rings is 2. The molecule has 0 aliphatic carbocycles. The maximum atomic E-state index is 12.9. The summed E-state index contributed by atoms with van der Waals surface area (Å²) in [4.78, 5) is 18.7. The molecule has 0 aliphatic rings. The zero-order valence-electron chi connectivity index (χ0n) is 14.5. The van der Waals surface area contributed by atoms with Crippen molar-refractivity contribution >= 4 is 32.6 Å². The third-order valence-electron chi connectivity index (χ3n) is 4.04. The van der Waals surface area contributed by atoms with E-state index in [0.717, 1.165) is 26.5 Å². The van der Waals surface area contributed by atoms with Crippen molar-refractivity contribution < 1.29 is 9.18 Å². The first kappa shape index (κ1) is 17.4. The number of nitrogens with zero attached hydrogens (tertiary/aromatic N) is 2. The van der Waals surface area contributed by atoms with E-state index in [4.69, 9.17) is 0 Å². The molecule has 6 heteroatoms.